The van der Waals surface area contributed by atoms with E-state index in [1.807, 2.05) is 0 Å². The summed E-state index contributed by atoms with van der Waals surface area (Å²) >= 11 is 14.0. The quantitative estimate of drug-likeness (QED) is 0.767. The molecule has 1 amide bonds. The number of hydrogen-bond acceptors (Lipinski definition) is 3. The molecule has 1 aliphatic carbocycles. The van der Waals surface area contributed by atoms with Gasteiger partial charge in [0.1, 0.15) is 5.50 Å². The largest absolute Gasteiger partial charge is 0.332 e. The molecular formula is C11H18Cl2N2OS. The predicted octanol–water partition coefficient (Wildman–Crippen LogP) is 2.13. The van der Waals surface area contributed by atoms with Crippen LogP contribution in [0.15, 0.2) is 0 Å². The molecule has 3 nitrogen and oxygen atoms in total. The van der Waals surface area contributed by atoms with Crippen LogP contribution in [0.3, 0.4) is 0 Å². The van der Waals surface area contributed by atoms with E-state index in [1.54, 1.807) is 11.8 Å². The van der Waals surface area contributed by atoms with Crippen molar-refractivity contribution in [2.75, 3.05) is 6.54 Å². The zero-order valence-electron chi connectivity index (χ0n) is 9.79. The molecule has 1 heterocycles. The molecule has 0 aromatic heterocycles. The second-order valence-corrected chi connectivity index (χ2v) is 7.50. The summed E-state index contributed by atoms with van der Waals surface area (Å²) < 4.78 is 0. The maximum absolute atomic E-state index is 12.1. The molecule has 1 aliphatic heterocycles. The smallest absolute Gasteiger partial charge is 0.226 e. The number of rotatable bonds is 2. The van der Waals surface area contributed by atoms with E-state index in [0.717, 1.165) is 25.8 Å². The van der Waals surface area contributed by atoms with Crippen molar-refractivity contribution in [3.05, 3.63) is 0 Å². The number of carbonyl (C=O) groups is 1. The van der Waals surface area contributed by atoms with Crippen LogP contribution < -0.4 is 10.6 Å². The van der Waals surface area contributed by atoms with Crippen molar-refractivity contribution in [2.24, 2.45) is 5.92 Å². The van der Waals surface area contributed by atoms with Gasteiger partial charge in [0.15, 0.2) is 0 Å². The van der Waals surface area contributed by atoms with Crippen molar-refractivity contribution in [1.82, 2.24) is 10.6 Å². The van der Waals surface area contributed by atoms with E-state index in [4.69, 9.17) is 23.2 Å². The van der Waals surface area contributed by atoms with Crippen molar-refractivity contribution in [2.45, 2.75) is 47.7 Å². The maximum Gasteiger partial charge on any atom is 0.226 e. The van der Waals surface area contributed by atoms with Gasteiger partial charge in [-0.2, -0.15) is 0 Å². The van der Waals surface area contributed by atoms with Crippen LogP contribution in [0.2, 0.25) is 0 Å². The molecule has 17 heavy (non-hydrogen) atoms. The molecule has 0 aromatic rings. The molecule has 5 unspecified atom stereocenters. The van der Waals surface area contributed by atoms with Gasteiger partial charge in [-0.15, -0.1) is 35.0 Å². The third-order valence-electron chi connectivity index (χ3n) is 3.28. The van der Waals surface area contributed by atoms with Gasteiger partial charge in [-0.25, -0.2) is 0 Å². The van der Waals surface area contributed by atoms with Gasteiger partial charge in [0.05, 0.1) is 5.92 Å². The molecule has 2 rings (SSSR count). The molecule has 6 heteroatoms. The number of nitrogens with one attached hydrogen (secondary N) is 2. The second-order valence-electron chi connectivity index (χ2n) is 4.78. The summed E-state index contributed by atoms with van der Waals surface area (Å²) in [6.07, 6.45) is 2.40. The Morgan fingerprint density at radius 3 is 2.76 bits per heavy atom. The molecule has 98 valence electrons. The Balaban J connectivity index is 1.83. The molecule has 1 saturated heterocycles. The summed E-state index contributed by atoms with van der Waals surface area (Å²) in [5, 5.41) is 6.81. The fourth-order valence-corrected chi connectivity index (χ4v) is 4.18. The maximum atomic E-state index is 12.1. The van der Waals surface area contributed by atoms with Crippen molar-refractivity contribution < 1.29 is 4.79 Å². The topological polar surface area (TPSA) is 41.1 Å². The van der Waals surface area contributed by atoms with Crippen LogP contribution >= 0.6 is 35.0 Å². The van der Waals surface area contributed by atoms with Crippen molar-refractivity contribution in [3.63, 3.8) is 0 Å². The lowest BCUT2D eigenvalue weighted by Gasteiger charge is -2.29. The zero-order valence-corrected chi connectivity index (χ0v) is 12.1. The van der Waals surface area contributed by atoms with E-state index in [0.29, 0.717) is 5.25 Å². The molecular weight excluding hydrogens is 279 g/mol. The summed E-state index contributed by atoms with van der Waals surface area (Å²) in [5.74, 6) is -0.0300. The average Bonchev–Trinajstić information content (AvgIpc) is 2.63. The average molecular weight is 297 g/mol. The minimum atomic E-state index is -0.130. The normalized spacial score (nSPS) is 42.4. The van der Waals surface area contributed by atoms with E-state index in [2.05, 4.69) is 17.6 Å². The molecule has 5 atom stereocenters. The van der Waals surface area contributed by atoms with Gasteiger partial charge < -0.3 is 5.32 Å². The Morgan fingerprint density at radius 2 is 2.18 bits per heavy atom. The summed E-state index contributed by atoms with van der Waals surface area (Å²) in [4.78, 5) is 12.1. The van der Waals surface area contributed by atoms with E-state index in [-0.39, 0.29) is 28.1 Å². The van der Waals surface area contributed by atoms with E-state index in [1.165, 1.54) is 0 Å². The Labute approximate surface area is 116 Å². The van der Waals surface area contributed by atoms with Gasteiger partial charge in [0, 0.05) is 22.5 Å². The fraction of sp³-hybridized carbons (Fsp3) is 0.909. The number of amides is 1. The SMILES string of the molecule is CC1CNC(NC(=O)C2CCC(Cl)CC2Cl)S1. The van der Waals surface area contributed by atoms with Crippen LogP contribution in [0.5, 0.6) is 0 Å². The minimum absolute atomic E-state index is 0.0371. The number of hydrogen-bond donors (Lipinski definition) is 2. The predicted molar refractivity (Wildman–Crippen MR) is 73.6 cm³/mol. The first kappa shape index (κ1) is 13.8. The monoisotopic (exact) mass is 296 g/mol. The number of alkyl halides is 2. The van der Waals surface area contributed by atoms with Gasteiger partial charge in [0.2, 0.25) is 5.91 Å². The van der Waals surface area contributed by atoms with Gasteiger partial charge in [-0.05, 0) is 19.3 Å². The Kier molecular flexibility index (Phi) is 4.87. The highest BCUT2D eigenvalue weighted by Crippen LogP contribution is 2.32. The highest BCUT2D eigenvalue weighted by molar-refractivity contribution is 8.00. The molecule has 2 aliphatic rings. The van der Waals surface area contributed by atoms with Crippen molar-refractivity contribution in [3.8, 4) is 0 Å². The highest BCUT2D eigenvalue weighted by atomic mass is 35.5. The first-order valence-corrected chi connectivity index (χ1v) is 7.85. The Bertz CT molecular complexity index is 293. The lowest BCUT2D eigenvalue weighted by Crippen LogP contribution is -2.46. The first-order chi connectivity index (χ1) is 8.06. The minimum Gasteiger partial charge on any atom is -0.332 e. The highest BCUT2D eigenvalue weighted by Gasteiger charge is 2.34. The number of thioether (sulfide) groups is 1. The van der Waals surface area contributed by atoms with E-state index in [9.17, 15) is 4.79 Å². The molecule has 1 saturated carbocycles. The Hall–Kier alpha value is 0.360. The van der Waals surface area contributed by atoms with Gasteiger partial charge >= 0.3 is 0 Å². The van der Waals surface area contributed by atoms with Crippen LogP contribution in [0.4, 0.5) is 0 Å². The zero-order chi connectivity index (χ0) is 12.4. The van der Waals surface area contributed by atoms with E-state index >= 15 is 0 Å². The lowest BCUT2D eigenvalue weighted by atomic mass is 9.88. The van der Waals surface area contributed by atoms with Crippen molar-refractivity contribution in [1.29, 1.82) is 0 Å². The number of halogens is 2. The Morgan fingerprint density at radius 1 is 1.41 bits per heavy atom. The fourth-order valence-electron chi connectivity index (χ4n) is 2.29. The van der Waals surface area contributed by atoms with Crippen LogP contribution in [0, 0.1) is 5.92 Å². The molecule has 2 fully saturated rings. The van der Waals surface area contributed by atoms with Gasteiger partial charge in [0.25, 0.3) is 0 Å². The molecule has 0 radical (unpaired) electrons. The van der Waals surface area contributed by atoms with Crippen LogP contribution in [-0.4, -0.2) is 34.0 Å². The van der Waals surface area contributed by atoms with Crippen molar-refractivity contribution >= 4 is 40.9 Å². The summed E-state index contributed by atoms with van der Waals surface area (Å²) in [5.41, 5.74) is 0.0371. The lowest BCUT2D eigenvalue weighted by molar-refractivity contribution is -0.126. The third kappa shape index (κ3) is 3.66. The summed E-state index contributed by atoms with van der Waals surface area (Å²) in [6.45, 7) is 3.08. The third-order valence-corrected chi connectivity index (χ3v) is 5.34. The van der Waals surface area contributed by atoms with Gasteiger partial charge in [-0.3, -0.25) is 10.1 Å². The van der Waals surface area contributed by atoms with Crippen LogP contribution in [0.25, 0.3) is 0 Å². The molecule has 0 aromatic carbocycles. The molecule has 0 spiro atoms. The van der Waals surface area contributed by atoms with Gasteiger partial charge in [-0.1, -0.05) is 6.92 Å². The number of carbonyl (C=O) groups excluding carboxylic acids is 1. The van der Waals surface area contributed by atoms with Crippen LogP contribution in [-0.2, 0) is 4.79 Å². The second kappa shape index (κ2) is 6.00. The standard InChI is InChI=1S/C11H18Cl2N2OS/c1-6-5-14-11(17-6)15-10(16)8-3-2-7(12)4-9(8)13/h6-9,11,14H,2-5H2,1H3,(H,15,16). The van der Waals surface area contributed by atoms with Crippen LogP contribution in [0.1, 0.15) is 26.2 Å². The molecule has 0 bridgehead atoms. The summed E-state index contributed by atoms with van der Waals surface area (Å²) in [7, 11) is 0. The van der Waals surface area contributed by atoms with E-state index < -0.39 is 0 Å². The summed E-state index contributed by atoms with van der Waals surface area (Å²) in [6, 6.07) is 0. The first-order valence-electron chi connectivity index (χ1n) is 6.03. The molecule has 2 N–H and O–H groups in total.